The molecule has 1 saturated heterocycles. The zero-order valence-electron chi connectivity index (χ0n) is 12.5. The Labute approximate surface area is 124 Å². The maximum Gasteiger partial charge on any atom is 0.320 e. The number of rotatable bonds is 6. The summed E-state index contributed by atoms with van der Waals surface area (Å²) < 4.78 is 5.59. The molecule has 1 atom stereocenters. The molecule has 114 valence electrons. The van der Waals surface area contributed by atoms with E-state index < -0.39 is 12.0 Å². The highest BCUT2D eigenvalue weighted by atomic mass is 16.5. The number of carboxylic acids is 1. The molecule has 0 bridgehead atoms. The van der Waals surface area contributed by atoms with Crippen molar-refractivity contribution in [2.45, 2.75) is 39.3 Å². The van der Waals surface area contributed by atoms with Gasteiger partial charge in [-0.05, 0) is 51.4 Å². The first-order valence-corrected chi connectivity index (χ1v) is 7.26. The lowest BCUT2D eigenvalue weighted by Crippen LogP contribution is -2.35. The zero-order valence-corrected chi connectivity index (χ0v) is 12.5. The summed E-state index contributed by atoms with van der Waals surface area (Å²) in [6.45, 7) is 5.21. The number of nitrogens with zero attached hydrogens (tertiary/aromatic N) is 1. The van der Waals surface area contributed by atoms with Gasteiger partial charge in [-0.3, -0.25) is 14.5 Å². The Hall–Kier alpha value is -1.88. The fraction of sp³-hybridized carbons (Fsp3) is 0.500. The molecule has 0 amide bonds. The number of benzene rings is 1. The SMILES string of the molecule is CCOc1ccc(C(C)=O)cc1CN1CCC[C@H]1C(=O)O. The van der Waals surface area contributed by atoms with E-state index in [0.29, 0.717) is 25.1 Å². The van der Waals surface area contributed by atoms with Crippen molar-refractivity contribution in [3.8, 4) is 5.75 Å². The summed E-state index contributed by atoms with van der Waals surface area (Å²) in [5.41, 5.74) is 1.50. The highest BCUT2D eigenvalue weighted by molar-refractivity contribution is 5.94. The molecule has 0 saturated carbocycles. The minimum atomic E-state index is -0.784. The summed E-state index contributed by atoms with van der Waals surface area (Å²) in [6.07, 6.45) is 1.55. The third kappa shape index (κ3) is 3.61. The first-order valence-electron chi connectivity index (χ1n) is 7.26. The summed E-state index contributed by atoms with van der Waals surface area (Å²) in [5, 5.41) is 9.25. The van der Waals surface area contributed by atoms with Gasteiger partial charge in [-0.25, -0.2) is 0 Å². The average molecular weight is 291 g/mol. The smallest absolute Gasteiger partial charge is 0.320 e. The van der Waals surface area contributed by atoms with Crippen molar-refractivity contribution in [2.24, 2.45) is 0 Å². The molecule has 0 aliphatic carbocycles. The van der Waals surface area contributed by atoms with Crippen molar-refractivity contribution in [1.29, 1.82) is 0 Å². The van der Waals surface area contributed by atoms with Crippen LogP contribution in [-0.4, -0.2) is 41.0 Å². The van der Waals surface area contributed by atoms with Crippen LogP contribution in [0.1, 0.15) is 42.6 Å². The number of carbonyl (C=O) groups excluding carboxylic acids is 1. The van der Waals surface area contributed by atoms with Crippen molar-refractivity contribution in [3.05, 3.63) is 29.3 Å². The van der Waals surface area contributed by atoms with Crippen molar-refractivity contribution in [3.63, 3.8) is 0 Å². The molecule has 0 unspecified atom stereocenters. The maximum atomic E-state index is 11.5. The molecule has 1 N–H and O–H groups in total. The Morgan fingerprint density at radius 2 is 2.19 bits per heavy atom. The minimum Gasteiger partial charge on any atom is -0.494 e. The Balaban J connectivity index is 2.25. The number of carbonyl (C=O) groups is 2. The maximum absolute atomic E-state index is 11.5. The van der Waals surface area contributed by atoms with Crippen molar-refractivity contribution in [1.82, 2.24) is 4.90 Å². The normalized spacial score (nSPS) is 18.7. The van der Waals surface area contributed by atoms with Gasteiger partial charge in [-0.15, -0.1) is 0 Å². The zero-order chi connectivity index (χ0) is 15.4. The lowest BCUT2D eigenvalue weighted by Gasteiger charge is -2.22. The predicted molar refractivity (Wildman–Crippen MR) is 78.7 cm³/mol. The molecular formula is C16H21NO4. The predicted octanol–water partition coefficient (Wildman–Crippen LogP) is 2.34. The Bertz CT molecular complexity index is 541. The van der Waals surface area contributed by atoms with E-state index in [4.69, 9.17) is 4.74 Å². The highest BCUT2D eigenvalue weighted by Crippen LogP contribution is 2.26. The van der Waals surface area contributed by atoms with E-state index in [1.54, 1.807) is 12.1 Å². The number of aliphatic carboxylic acids is 1. The van der Waals surface area contributed by atoms with Crippen LogP contribution in [0.3, 0.4) is 0 Å². The molecule has 0 spiro atoms. The molecule has 1 aliphatic heterocycles. The summed E-state index contributed by atoms with van der Waals surface area (Å²) in [5.74, 6) is -0.0674. The van der Waals surface area contributed by atoms with Gasteiger partial charge in [0.25, 0.3) is 0 Å². The standard InChI is InChI=1S/C16H21NO4/c1-3-21-15-7-6-12(11(2)18)9-13(15)10-17-8-4-5-14(17)16(19)20/h6-7,9,14H,3-5,8,10H2,1-2H3,(H,19,20)/t14-/m0/s1. The average Bonchev–Trinajstić information content (AvgIpc) is 2.89. The van der Waals surface area contributed by atoms with E-state index in [-0.39, 0.29) is 5.78 Å². The van der Waals surface area contributed by atoms with Crippen LogP contribution in [0.25, 0.3) is 0 Å². The number of ether oxygens (including phenoxy) is 1. The van der Waals surface area contributed by atoms with Crippen LogP contribution in [0.4, 0.5) is 0 Å². The van der Waals surface area contributed by atoms with Crippen LogP contribution < -0.4 is 4.74 Å². The van der Waals surface area contributed by atoms with Gasteiger partial charge in [-0.2, -0.15) is 0 Å². The molecule has 1 aromatic rings. The van der Waals surface area contributed by atoms with E-state index in [1.807, 2.05) is 17.9 Å². The molecule has 0 aromatic heterocycles. The number of hydrogen-bond acceptors (Lipinski definition) is 4. The second-order valence-electron chi connectivity index (χ2n) is 5.28. The third-order valence-corrected chi connectivity index (χ3v) is 3.79. The van der Waals surface area contributed by atoms with Crippen LogP contribution >= 0.6 is 0 Å². The number of hydrogen-bond donors (Lipinski definition) is 1. The number of Topliss-reactive ketones (excluding diaryl/α,β-unsaturated/α-hetero) is 1. The van der Waals surface area contributed by atoms with Crippen molar-refractivity contribution < 1.29 is 19.4 Å². The minimum absolute atomic E-state index is 0.00416. The second-order valence-corrected chi connectivity index (χ2v) is 5.28. The molecule has 5 nitrogen and oxygen atoms in total. The van der Waals surface area contributed by atoms with E-state index in [1.165, 1.54) is 6.92 Å². The van der Waals surface area contributed by atoms with Gasteiger partial charge in [0.2, 0.25) is 0 Å². The molecule has 2 rings (SSSR count). The Kier molecular flexibility index (Phi) is 4.96. The van der Waals surface area contributed by atoms with Crippen LogP contribution in [0.2, 0.25) is 0 Å². The van der Waals surface area contributed by atoms with Crippen molar-refractivity contribution >= 4 is 11.8 Å². The Morgan fingerprint density at radius 1 is 1.43 bits per heavy atom. The van der Waals surface area contributed by atoms with Gasteiger partial charge in [0.15, 0.2) is 5.78 Å². The fourth-order valence-corrected chi connectivity index (χ4v) is 2.73. The molecule has 0 radical (unpaired) electrons. The van der Waals surface area contributed by atoms with E-state index >= 15 is 0 Å². The number of likely N-dealkylation sites (tertiary alicyclic amines) is 1. The molecule has 21 heavy (non-hydrogen) atoms. The van der Waals surface area contributed by atoms with Gasteiger partial charge in [0.1, 0.15) is 11.8 Å². The van der Waals surface area contributed by atoms with Crippen LogP contribution in [0.5, 0.6) is 5.75 Å². The largest absolute Gasteiger partial charge is 0.494 e. The monoisotopic (exact) mass is 291 g/mol. The lowest BCUT2D eigenvalue weighted by molar-refractivity contribution is -0.142. The van der Waals surface area contributed by atoms with E-state index in [9.17, 15) is 14.7 Å². The summed E-state index contributed by atoms with van der Waals surface area (Å²) in [6, 6.07) is 4.90. The van der Waals surface area contributed by atoms with Gasteiger partial charge >= 0.3 is 5.97 Å². The van der Waals surface area contributed by atoms with Crippen molar-refractivity contribution in [2.75, 3.05) is 13.2 Å². The van der Waals surface area contributed by atoms with Gasteiger partial charge in [0, 0.05) is 17.7 Å². The van der Waals surface area contributed by atoms with Crippen LogP contribution in [0.15, 0.2) is 18.2 Å². The molecule has 1 aromatic carbocycles. The molecule has 5 heteroatoms. The number of carboxylic acid groups (broad SMARTS) is 1. The summed E-state index contributed by atoms with van der Waals surface area (Å²) >= 11 is 0. The fourth-order valence-electron chi connectivity index (χ4n) is 2.73. The quantitative estimate of drug-likeness (QED) is 0.815. The summed E-state index contributed by atoms with van der Waals surface area (Å²) in [4.78, 5) is 24.7. The first-order chi connectivity index (χ1) is 10.0. The van der Waals surface area contributed by atoms with E-state index in [0.717, 1.165) is 24.3 Å². The summed E-state index contributed by atoms with van der Waals surface area (Å²) in [7, 11) is 0. The van der Waals surface area contributed by atoms with Gasteiger partial charge < -0.3 is 9.84 Å². The number of ketones is 1. The molecular weight excluding hydrogens is 270 g/mol. The topological polar surface area (TPSA) is 66.8 Å². The Morgan fingerprint density at radius 3 is 2.81 bits per heavy atom. The van der Waals surface area contributed by atoms with E-state index in [2.05, 4.69) is 0 Å². The van der Waals surface area contributed by atoms with Gasteiger partial charge in [-0.1, -0.05) is 0 Å². The van der Waals surface area contributed by atoms with Gasteiger partial charge in [0.05, 0.1) is 6.61 Å². The molecule has 1 fully saturated rings. The third-order valence-electron chi connectivity index (χ3n) is 3.79. The first kappa shape index (κ1) is 15.5. The molecule has 1 aliphatic rings. The van der Waals surface area contributed by atoms with Crippen LogP contribution in [-0.2, 0) is 11.3 Å². The lowest BCUT2D eigenvalue weighted by atomic mass is 10.1. The molecule has 1 heterocycles. The van der Waals surface area contributed by atoms with Crippen LogP contribution in [0, 0.1) is 0 Å². The highest BCUT2D eigenvalue weighted by Gasteiger charge is 2.30. The second kappa shape index (κ2) is 6.72.